The van der Waals surface area contributed by atoms with Crippen molar-refractivity contribution in [2.75, 3.05) is 7.05 Å². The fraction of sp³-hybridized carbons (Fsp3) is 1.00. The number of hydrogen-bond acceptors (Lipinski definition) is 1. The van der Waals surface area contributed by atoms with Crippen LogP contribution in [0.2, 0.25) is 0 Å². The minimum atomic E-state index is 0.548. The zero-order chi connectivity index (χ0) is 13.2. The van der Waals surface area contributed by atoms with Gasteiger partial charge in [-0.3, -0.25) is 0 Å². The van der Waals surface area contributed by atoms with Crippen LogP contribution in [0.15, 0.2) is 0 Å². The van der Waals surface area contributed by atoms with Crippen molar-refractivity contribution in [1.82, 2.24) is 5.32 Å². The first-order valence-corrected chi connectivity index (χ1v) is 8.22. The molecule has 4 unspecified atom stereocenters. The molecule has 0 spiro atoms. The van der Waals surface area contributed by atoms with Crippen molar-refractivity contribution >= 4 is 0 Å². The van der Waals surface area contributed by atoms with Gasteiger partial charge in [-0.15, -0.1) is 0 Å². The highest BCUT2D eigenvalue weighted by atomic mass is 14.9. The third-order valence-electron chi connectivity index (χ3n) is 5.84. The molecule has 0 aliphatic heterocycles. The predicted molar refractivity (Wildman–Crippen MR) is 79.7 cm³/mol. The van der Waals surface area contributed by atoms with E-state index in [2.05, 4.69) is 33.1 Å². The molecular weight excluding hydrogens is 218 g/mol. The SMILES string of the molecule is CNC(C1CCCC(C)C1)C1CCCCC1(C)C. The lowest BCUT2D eigenvalue weighted by molar-refractivity contribution is 0.0600. The van der Waals surface area contributed by atoms with Crippen molar-refractivity contribution in [2.45, 2.75) is 78.2 Å². The fourth-order valence-electron chi connectivity index (χ4n) is 4.76. The minimum absolute atomic E-state index is 0.548. The van der Waals surface area contributed by atoms with Crippen LogP contribution < -0.4 is 5.32 Å². The smallest absolute Gasteiger partial charge is 0.0126 e. The van der Waals surface area contributed by atoms with E-state index in [9.17, 15) is 0 Å². The van der Waals surface area contributed by atoms with Gasteiger partial charge in [-0.05, 0) is 55.9 Å². The van der Waals surface area contributed by atoms with E-state index >= 15 is 0 Å². The Labute approximate surface area is 114 Å². The van der Waals surface area contributed by atoms with E-state index in [1.54, 1.807) is 0 Å². The van der Waals surface area contributed by atoms with Crippen LogP contribution in [-0.2, 0) is 0 Å². The largest absolute Gasteiger partial charge is 0.316 e. The Morgan fingerprint density at radius 1 is 1.06 bits per heavy atom. The Morgan fingerprint density at radius 2 is 1.83 bits per heavy atom. The van der Waals surface area contributed by atoms with Gasteiger partial charge in [0.15, 0.2) is 0 Å². The van der Waals surface area contributed by atoms with Crippen LogP contribution in [0.3, 0.4) is 0 Å². The summed E-state index contributed by atoms with van der Waals surface area (Å²) in [6, 6.07) is 0.767. The predicted octanol–water partition coefficient (Wildman–Crippen LogP) is 4.62. The van der Waals surface area contributed by atoms with Crippen molar-refractivity contribution in [2.24, 2.45) is 23.2 Å². The van der Waals surface area contributed by atoms with Crippen LogP contribution in [0.5, 0.6) is 0 Å². The van der Waals surface area contributed by atoms with E-state index in [1.165, 1.54) is 51.4 Å². The lowest BCUT2D eigenvalue weighted by atomic mass is 9.62. The third kappa shape index (κ3) is 3.10. The maximum Gasteiger partial charge on any atom is 0.0126 e. The maximum atomic E-state index is 3.72. The standard InChI is InChI=1S/C17H33N/c1-13-8-7-9-14(12-13)16(18-4)15-10-5-6-11-17(15,2)3/h13-16,18H,5-12H2,1-4H3. The van der Waals surface area contributed by atoms with Crippen LogP contribution in [0.4, 0.5) is 0 Å². The van der Waals surface area contributed by atoms with Gasteiger partial charge in [-0.1, -0.05) is 46.5 Å². The zero-order valence-electron chi connectivity index (χ0n) is 13.0. The first-order chi connectivity index (χ1) is 8.54. The quantitative estimate of drug-likeness (QED) is 0.772. The fourth-order valence-corrected chi connectivity index (χ4v) is 4.76. The molecule has 0 aromatic rings. The molecular formula is C17H33N. The summed E-state index contributed by atoms with van der Waals surface area (Å²) >= 11 is 0. The molecule has 4 atom stereocenters. The summed E-state index contributed by atoms with van der Waals surface area (Å²) in [5.74, 6) is 2.78. The van der Waals surface area contributed by atoms with E-state index in [-0.39, 0.29) is 0 Å². The molecule has 106 valence electrons. The van der Waals surface area contributed by atoms with E-state index in [4.69, 9.17) is 0 Å². The molecule has 2 aliphatic rings. The van der Waals surface area contributed by atoms with Crippen LogP contribution in [0, 0.1) is 23.2 Å². The van der Waals surface area contributed by atoms with Gasteiger partial charge in [0.2, 0.25) is 0 Å². The first kappa shape index (κ1) is 14.4. The molecule has 1 heteroatoms. The average molecular weight is 251 g/mol. The molecule has 2 fully saturated rings. The molecule has 0 aromatic heterocycles. The monoisotopic (exact) mass is 251 g/mol. The second kappa shape index (κ2) is 5.94. The van der Waals surface area contributed by atoms with E-state index in [0.717, 1.165) is 23.8 Å². The van der Waals surface area contributed by atoms with E-state index in [1.807, 2.05) is 0 Å². The highest BCUT2D eigenvalue weighted by Gasteiger charge is 2.40. The zero-order valence-corrected chi connectivity index (χ0v) is 13.0. The van der Waals surface area contributed by atoms with Gasteiger partial charge >= 0.3 is 0 Å². The van der Waals surface area contributed by atoms with Crippen LogP contribution >= 0.6 is 0 Å². The van der Waals surface area contributed by atoms with Gasteiger partial charge in [-0.2, -0.15) is 0 Å². The summed E-state index contributed by atoms with van der Waals surface area (Å²) in [7, 11) is 2.20. The average Bonchev–Trinajstić information content (AvgIpc) is 2.32. The van der Waals surface area contributed by atoms with Crippen LogP contribution in [0.25, 0.3) is 0 Å². The second-order valence-electron chi connectivity index (χ2n) is 7.69. The molecule has 2 aliphatic carbocycles. The molecule has 2 rings (SSSR count). The van der Waals surface area contributed by atoms with Gasteiger partial charge in [0.25, 0.3) is 0 Å². The van der Waals surface area contributed by atoms with Crippen molar-refractivity contribution in [1.29, 1.82) is 0 Å². The molecule has 0 radical (unpaired) electrons. The lowest BCUT2D eigenvalue weighted by Gasteiger charge is -2.47. The second-order valence-corrected chi connectivity index (χ2v) is 7.69. The molecule has 0 heterocycles. The number of nitrogens with one attached hydrogen (secondary N) is 1. The summed E-state index contributed by atoms with van der Waals surface area (Å²) in [5.41, 5.74) is 0.548. The van der Waals surface area contributed by atoms with Gasteiger partial charge in [0, 0.05) is 6.04 Å². The first-order valence-electron chi connectivity index (χ1n) is 8.22. The number of rotatable bonds is 3. The van der Waals surface area contributed by atoms with Gasteiger partial charge in [-0.25, -0.2) is 0 Å². The number of hydrogen-bond donors (Lipinski definition) is 1. The minimum Gasteiger partial charge on any atom is -0.316 e. The Morgan fingerprint density at radius 3 is 2.44 bits per heavy atom. The summed E-state index contributed by atoms with van der Waals surface area (Å²) in [4.78, 5) is 0. The summed E-state index contributed by atoms with van der Waals surface area (Å²) in [6.07, 6.45) is 11.6. The Bertz CT molecular complexity index is 258. The summed E-state index contributed by atoms with van der Waals surface area (Å²) in [6.45, 7) is 7.46. The molecule has 0 aromatic carbocycles. The topological polar surface area (TPSA) is 12.0 Å². The molecule has 0 saturated heterocycles. The highest BCUT2D eigenvalue weighted by molar-refractivity contribution is 4.94. The summed E-state index contributed by atoms with van der Waals surface area (Å²) in [5, 5.41) is 3.72. The Balaban J connectivity index is 2.06. The molecule has 2 saturated carbocycles. The molecule has 18 heavy (non-hydrogen) atoms. The molecule has 0 amide bonds. The third-order valence-corrected chi connectivity index (χ3v) is 5.84. The normalized spacial score (nSPS) is 38.3. The van der Waals surface area contributed by atoms with Gasteiger partial charge in [0.05, 0.1) is 0 Å². The Kier molecular flexibility index (Phi) is 4.75. The highest BCUT2D eigenvalue weighted by Crippen LogP contribution is 2.46. The van der Waals surface area contributed by atoms with Gasteiger partial charge < -0.3 is 5.32 Å². The van der Waals surface area contributed by atoms with Crippen molar-refractivity contribution in [3.05, 3.63) is 0 Å². The molecule has 0 bridgehead atoms. The summed E-state index contributed by atoms with van der Waals surface area (Å²) < 4.78 is 0. The lowest BCUT2D eigenvalue weighted by Crippen LogP contribution is -2.48. The van der Waals surface area contributed by atoms with Gasteiger partial charge in [0.1, 0.15) is 0 Å². The van der Waals surface area contributed by atoms with E-state index < -0.39 is 0 Å². The van der Waals surface area contributed by atoms with E-state index in [0.29, 0.717) is 5.41 Å². The van der Waals surface area contributed by atoms with Crippen molar-refractivity contribution in [3.8, 4) is 0 Å². The Hall–Kier alpha value is -0.0400. The molecule has 1 N–H and O–H groups in total. The van der Waals surface area contributed by atoms with Crippen LogP contribution in [0.1, 0.15) is 72.1 Å². The maximum absolute atomic E-state index is 3.72. The van der Waals surface area contributed by atoms with Crippen LogP contribution in [-0.4, -0.2) is 13.1 Å². The molecule has 1 nitrogen and oxygen atoms in total. The van der Waals surface area contributed by atoms with Crippen molar-refractivity contribution in [3.63, 3.8) is 0 Å². The van der Waals surface area contributed by atoms with Crippen molar-refractivity contribution < 1.29 is 0 Å².